The van der Waals surface area contributed by atoms with E-state index >= 15 is 0 Å². The number of thiophene rings is 1. The number of hydrogen-bond donors (Lipinski definition) is 2. The van der Waals surface area contributed by atoms with Crippen LogP contribution in [0.3, 0.4) is 0 Å². The molecule has 128 valence electrons. The van der Waals surface area contributed by atoms with Crippen molar-refractivity contribution < 1.29 is 9.53 Å². The standard InChI is InChI=1S/C17H22N4O2S/c1-13(15-5-3-11-24-15)20-17(22)19-12-14-4-2-6-18-16(14)21-7-9-23-10-8-21/h2-6,11,13H,7-10,12H2,1H3,(H2,19,20,22)/t13-/m1/s1. The summed E-state index contributed by atoms with van der Waals surface area (Å²) in [5, 5.41) is 7.90. The van der Waals surface area contributed by atoms with Crippen molar-refractivity contribution in [1.29, 1.82) is 0 Å². The third kappa shape index (κ3) is 4.24. The van der Waals surface area contributed by atoms with Gasteiger partial charge in [-0.2, -0.15) is 0 Å². The minimum atomic E-state index is -0.173. The van der Waals surface area contributed by atoms with E-state index in [-0.39, 0.29) is 12.1 Å². The number of pyridine rings is 1. The zero-order valence-corrected chi connectivity index (χ0v) is 14.5. The van der Waals surface area contributed by atoms with Crippen molar-refractivity contribution >= 4 is 23.2 Å². The minimum absolute atomic E-state index is 0.00221. The number of carbonyl (C=O) groups excluding carboxylic acids is 1. The van der Waals surface area contributed by atoms with Gasteiger partial charge in [0.05, 0.1) is 19.3 Å². The summed E-state index contributed by atoms with van der Waals surface area (Å²) in [6.45, 7) is 5.50. The molecule has 3 rings (SSSR count). The lowest BCUT2D eigenvalue weighted by Crippen LogP contribution is -2.39. The largest absolute Gasteiger partial charge is 0.378 e. The first kappa shape index (κ1) is 16.7. The van der Waals surface area contributed by atoms with Crippen molar-refractivity contribution in [3.63, 3.8) is 0 Å². The second-order valence-electron chi connectivity index (χ2n) is 5.65. The number of carbonyl (C=O) groups is 1. The van der Waals surface area contributed by atoms with Crippen LogP contribution in [0.4, 0.5) is 10.6 Å². The van der Waals surface area contributed by atoms with E-state index in [1.807, 2.05) is 36.6 Å². The fraction of sp³-hybridized carbons (Fsp3) is 0.412. The molecule has 6 nitrogen and oxygen atoms in total. The predicted octanol–water partition coefficient (Wildman–Crippen LogP) is 2.54. The molecule has 1 atom stereocenters. The monoisotopic (exact) mass is 346 g/mol. The zero-order valence-electron chi connectivity index (χ0n) is 13.7. The Morgan fingerprint density at radius 3 is 2.96 bits per heavy atom. The summed E-state index contributed by atoms with van der Waals surface area (Å²) in [6, 6.07) is 7.73. The molecule has 2 N–H and O–H groups in total. The first-order valence-electron chi connectivity index (χ1n) is 8.08. The summed E-state index contributed by atoms with van der Waals surface area (Å²) in [5.74, 6) is 0.924. The Labute approximate surface area is 145 Å². The highest BCUT2D eigenvalue weighted by atomic mass is 32.1. The van der Waals surface area contributed by atoms with Crippen LogP contribution in [0.25, 0.3) is 0 Å². The van der Waals surface area contributed by atoms with Gasteiger partial charge in [0.25, 0.3) is 0 Å². The second-order valence-corrected chi connectivity index (χ2v) is 6.63. The van der Waals surface area contributed by atoms with Gasteiger partial charge in [-0.25, -0.2) is 9.78 Å². The van der Waals surface area contributed by atoms with Gasteiger partial charge in [0.15, 0.2) is 0 Å². The SMILES string of the molecule is C[C@@H](NC(=O)NCc1cccnc1N1CCOCC1)c1cccs1. The number of amides is 2. The highest BCUT2D eigenvalue weighted by molar-refractivity contribution is 7.10. The average molecular weight is 346 g/mol. The number of nitrogens with zero attached hydrogens (tertiary/aromatic N) is 2. The quantitative estimate of drug-likeness (QED) is 0.873. The molecule has 24 heavy (non-hydrogen) atoms. The molecule has 1 saturated heterocycles. The van der Waals surface area contributed by atoms with Crippen LogP contribution >= 0.6 is 11.3 Å². The summed E-state index contributed by atoms with van der Waals surface area (Å²) in [4.78, 5) is 20.0. The van der Waals surface area contributed by atoms with Gasteiger partial charge in [-0.1, -0.05) is 12.1 Å². The lowest BCUT2D eigenvalue weighted by atomic mass is 10.2. The summed E-state index contributed by atoms with van der Waals surface area (Å²) in [6.07, 6.45) is 1.78. The summed E-state index contributed by atoms with van der Waals surface area (Å²) >= 11 is 1.64. The highest BCUT2D eigenvalue weighted by Gasteiger charge is 2.16. The fourth-order valence-corrected chi connectivity index (χ4v) is 3.39. The van der Waals surface area contributed by atoms with Gasteiger partial charge in [0.1, 0.15) is 5.82 Å². The first-order chi connectivity index (χ1) is 11.7. The summed E-state index contributed by atoms with van der Waals surface area (Å²) in [5.41, 5.74) is 1.01. The zero-order chi connectivity index (χ0) is 16.8. The average Bonchev–Trinajstić information content (AvgIpc) is 3.16. The van der Waals surface area contributed by atoms with Crippen LogP contribution in [-0.4, -0.2) is 37.3 Å². The molecule has 0 spiro atoms. The Morgan fingerprint density at radius 2 is 2.21 bits per heavy atom. The third-order valence-corrected chi connectivity index (χ3v) is 4.99. The molecule has 7 heteroatoms. The normalized spacial score (nSPS) is 15.8. The molecule has 3 heterocycles. The number of ether oxygens (including phenoxy) is 1. The molecule has 1 fully saturated rings. The van der Waals surface area contributed by atoms with Crippen molar-refractivity contribution in [3.8, 4) is 0 Å². The fourth-order valence-electron chi connectivity index (χ4n) is 2.66. The highest BCUT2D eigenvalue weighted by Crippen LogP contribution is 2.19. The number of morpholine rings is 1. The van der Waals surface area contributed by atoms with E-state index in [9.17, 15) is 4.79 Å². The molecule has 0 radical (unpaired) electrons. The van der Waals surface area contributed by atoms with E-state index in [1.165, 1.54) is 0 Å². The molecule has 0 aromatic carbocycles. The second kappa shape index (κ2) is 8.12. The van der Waals surface area contributed by atoms with E-state index in [2.05, 4.69) is 20.5 Å². The number of hydrogen-bond acceptors (Lipinski definition) is 5. The van der Waals surface area contributed by atoms with Crippen LogP contribution in [0.2, 0.25) is 0 Å². The molecule has 1 aliphatic heterocycles. The van der Waals surface area contributed by atoms with Crippen LogP contribution in [0.1, 0.15) is 23.4 Å². The van der Waals surface area contributed by atoms with Gasteiger partial charge in [-0.05, 0) is 24.4 Å². The van der Waals surface area contributed by atoms with Gasteiger partial charge in [0.2, 0.25) is 0 Å². The summed E-state index contributed by atoms with van der Waals surface area (Å²) < 4.78 is 5.39. The third-order valence-electron chi connectivity index (χ3n) is 3.94. The Kier molecular flexibility index (Phi) is 5.66. The lowest BCUT2D eigenvalue weighted by molar-refractivity contribution is 0.122. The number of aromatic nitrogens is 1. The Balaban J connectivity index is 1.57. The maximum atomic E-state index is 12.1. The van der Waals surface area contributed by atoms with Crippen molar-refractivity contribution in [3.05, 3.63) is 46.3 Å². The Bertz CT molecular complexity index is 656. The van der Waals surface area contributed by atoms with E-state index in [0.29, 0.717) is 19.8 Å². The van der Waals surface area contributed by atoms with Gasteiger partial charge in [0, 0.05) is 36.3 Å². The van der Waals surface area contributed by atoms with E-state index < -0.39 is 0 Å². The molecule has 0 aliphatic carbocycles. The van der Waals surface area contributed by atoms with Crippen molar-refractivity contribution in [1.82, 2.24) is 15.6 Å². The topological polar surface area (TPSA) is 66.5 Å². The van der Waals surface area contributed by atoms with Crippen LogP contribution in [0.5, 0.6) is 0 Å². The maximum Gasteiger partial charge on any atom is 0.315 e. The molecule has 0 unspecified atom stereocenters. The molecular formula is C17H22N4O2S. The summed E-state index contributed by atoms with van der Waals surface area (Å²) in [7, 11) is 0. The molecule has 2 aromatic rings. The van der Waals surface area contributed by atoms with Crippen molar-refractivity contribution in [2.75, 3.05) is 31.2 Å². The number of rotatable bonds is 5. The minimum Gasteiger partial charge on any atom is -0.378 e. The number of anilines is 1. The Morgan fingerprint density at radius 1 is 1.38 bits per heavy atom. The van der Waals surface area contributed by atoms with Gasteiger partial charge < -0.3 is 20.3 Å². The van der Waals surface area contributed by atoms with Gasteiger partial charge in [-0.3, -0.25) is 0 Å². The molecule has 1 aliphatic rings. The van der Waals surface area contributed by atoms with Crippen molar-refractivity contribution in [2.24, 2.45) is 0 Å². The number of nitrogens with one attached hydrogen (secondary N) is 2. The van der Waals surface area contributed by atoms with Crippen LogP contribution in [0, 0.1) is 0 Å². The first-order valence-corrected chi connectivity index (χ1v) is 8.96. The van der Waals surface area contributed by atoms with E-state index in [4.69, 9.17) is 4.74 Å². The molecule has 0 bridgehead atoms. The van der Waals surface area contributed by atoms with E-state index in [0.717, 1.165) is 29.3 Å². The van der Waals surface area contributed by atoms with Gasteiger partial charge >= 0.3 is 6.03 Å². The molecule has 0 saturated carbocycles. The molecule has 2 amide bonds. The van der Waals surface area contributed by atoms with Gasteiger partial charge in [-0.15, -0.1) is 11.3 Å². The molecule has 2 aromatic heterocycles. The molecular weight excluding hydrogens is 324 g/mol. The van der Waals surface area contributed by atoms with Crippen molar-refractivity contribution in [2.45, 2.75) is 19.5 Å². The van der Waals surface area contributed by atoms with E-state index in [1.54, 1.807) is 17.5 Å². The Hall–Kier alpha value is -2.12. The predicted molar refractivity (Wildman–Crippen MR) is 95.4 cm³/mol. The number of urea groups is 1. The lowest BCUT2D eigenvalue weighted by Gasteiger charge is -2.29. The maximum absolute atomic E-state index is 12.1. The van der Waals surface area contributed by atoms with Crippen LogP contribution < -0.4 is 15.5 Å². The smallest absolute Gasteiger partial charge is 0.315 e. The van der Waals surface area contributed by atoms with Crippen LogP contribution in [0.15, 0.2) is 35.8 Å². The van der Waals surface area contributed by atoms with Crippen LogP contribution in [-0.2, 0) is 11.3 Å².